The lowest BCUT2D eigenvalue weighted by molar-refractivity contribution is -0.198. The fourth-order valence-corrected chi connectivity index (χ4v) is 2.10. The van der Waals surface area contributed by atoms with E-state index in [2.05, 4.69) is 11.9 Å². The molecule has 0 spiro atoms. The molecule has 0 aromatic heterocycles. The highest BCUT2D eigenvalue weighted by Crippen LogP contribution is 2.13. The van der Waals surface area contributed by atoms with Gasteiger partial charge in [-0.2, -0.15) is 0 Å². The number of ether oxygens (including phenoxy) is 1. The predicted octanol–water partition coefficient (Wildman–Crippen LogP) is 1.46. The molecule has 8 heteroatoms. The number of rotatable bonds is 7. The maximum absolute atomic E-state index is 12.1. The van der Waals surface area contributed by atoms with Crippen LogP contribution in [-0.2, 0) is 30.6 Å². The normalized spacial score (nSPS) is 14.8. The predicted molar refractivity (Wildman–Crippen MR) is 85.5 cm³/mol. The zero-order chi connectivity index (χ0) is 18.2. The molecule has 1 aromatic carbocycles. The summed E-state index contributed by atoms with van der Waals surface area (Å²) in [6.07, 6.45) is 0.606. The van der Waals surface area contributed by atoms with Crippen LogP contribution in [-0.4, -0.2) is 35.0 Å². The maximum atomic E-state index is 12.1. The van der Waals surface area contributed by atoms with Crippen molar-refractivity contribution < 1.29 is 28.8 Å². The number of hydroxylamine groups is 2. The topological polar surface area (TPSA) is 102 Å². The fraction of sp³-hybridized carbons (Fsp3) is 0.294. The Hall–Kier alpha value is -3.16. The third kappa shape index (κ3) is 5.17. The molecule has 0 bridgehead atoms. The molecule has 0 saturated carbocycles. The van der Waals surface area contributed by atoms with Crippen molar-refractivity contribution in [1.29, 1.82) is 0 Å². The minimum absolute atomic E-state index is 0.00914. The van der Waals surface area contributed by atoms with Crippen LogP contribution in [0.5, 0.6) is 0 Å². The molecule has 3 amide bonds. The van der Waals surface area contributed by atoms with E-state index in [1.807, 2.05) is 6.07 Å². The summed E-state index contributed by atoms with van der Waals surface area (Å²) in [5.41, 5.74) is 0.786. The molecule has 1 heterocycles. The molecule has 2 rings (SSSR count). The van der Waals surface area contributed by atoms with Crippen LogP contribution < -0.4 is 5.32 Å². The second-order valence-electron chi connectivity index (χ2n) is 5.28. The minimum atomic E-state index is -1.12. The summed E-state index contributed by atoms with van der Waals surface area (Å²) in [6.45, 7) is 3.53. The summed E-state index contributed by atoms with van der Waals surface area (Å²) < 4.78 is 5.03. The highest BCUT2D eigenvalue weighted by Gasteiger charge is 2.35. The first-order valence-corrected chi connectivity index (χ1v) is 7.67. The summed E-state index contributed by atoms with van der Waals surface area (Å²) in [4.78, 5) is 51.7. The minimum Gasteiger partial charge on any atom is -0.445 e. The summed E-state index contributed by atoms with van der Waals surface area (Å²) >= 11 is 0. The first-order valence-electron chi connectivity index (χ1n) is 7.67. The Morgan fingerprint density at radius 2 is 1.84 bits per heavy atom. The van der Waals surface area contributed by atoms with Gasteiger partial charge in [0.25, 0.3) is 11.8 Å². The van der Waals surface area contributed by atoms with Crippen LogP contribution in [0.2, 0.25) is 0 Å². The molecule has 8 nitrogen and oxygen atoms in total. The number of carbonyl (C=O) groups is 4. The highest BCUT2D eigenvalue weighted by molar-refractivity contribution is 6.01. The SMILES string of the molecule is C=CC[C@H](NC(=O)OCc1ccccc1)C(=O)ON1C(=O)CCC1=O. The van der Waals surface area contributed by atoms with Gasteiger partial charge in [0.1, 0.15) is 12.6 Å². The van der Waals surface area contributed by atoms with Crippen LogP contribution >= 0.6 is 0 Å². The van der Waals surface area contributed by atoms with E-state index in [9.17, 15) is 19.2 Å². The Bertz CT molecular complexity index is 657. The van der Waals surface area contributed by atoms with Crippen molar-refractivity contribution in [3.05, 3.63) is 48.6 Å². The van der Waals surface area contributed by atoms with Crippen molar-refractivity contribution >= 4 is 23.9 Å². The van der Waals surface area contributed by atoms with Gasteiger partial charge in [0, 0.05) is 12.8 Å². The van der Waals surface area contributed by atoms with Gasteiger partial charge in [-0.05, 0) is 12.0 Å². The fourth-order valence-electron chi connectivity index (χ4n) is 2.10. The van der Waals surface area contributed by atoms with Crippen molar-refractivity contribution in [3.63, 3.8) is 0 Å². The molecule has 1 saturated heterocycles. The molecular weight excluding hydrogens is 328 g/mol. The van der Waals surface area contributed by atoms with Crippen molar-refractivity contribution in [1.82, 2.24) is 10.4 Å². The number of carbonyl (C=O) groups excluding carboxylic acids is 4. The average Bonchev–Trinajstić information content (AvgIpc) is 2.92. The molecule has 0 unspecified atom stereocenters. The molecule has 25 heavy (non-hydrogen) atoms. The van der Waals surface area contributed by atoms with E-state index in [0.717, 1.165) is 5.56 Å². The number of alkyl carbamates (subject to hydrolysis) is 1. The van der Waals surface area contributed by atoms with Gasteiger partial charge >= 0.3 is 12.1 Å². The Balaban J connectivity index is 1.89. The number of nitrogens with one attached hydrogen (secondary N) is 1. The largest absolute Gasteiger partial charge is 0.445 e. The van der Waals surface area contributed by atoms with Crippen molar-refractivity contribution in [2.75, 3.05) is 0 Å². The molecule has 1 aliphatic heterocycles. The van der Waals surface area contributed by atoms with Crippen LogP contribution in [0.25, 0.3) is 0 Å². The number of imide groups is 1. The molecule has 1 atom stereocenters. The van der Waals surface area contributed by atoms with Crippen LogP contribution in [0, 0.1) is 0 Å². The number of nitrogens with zero attached hydrogens (tertiary/aromatic N) is 1. The Morgan fingerprint density at radius 1 is 1.20 bits per heavy atom. The number of hydrogen-bond acceptors (Lipinski definition) is 6. The first-order chi connectivity index (χ1) is 12.0. The molecule has 1 fully saturated rings. The van der Waals surface area contributed by atoms with Crippen molar-refractivity contribution in [2.24, 2.45) is 0 Å². The molecule has 132 valence electrons. The highest BCUT2D eigenvalue weighted by atomic mass is 16.7. The Morgan fingerprint density at radius 3 is 2.44 bits per heavy atom. The molecular formula is C17H18N2O6. The van der Waals surface area contributed by atoms with Crippen LogP contribution in [0.1, 0.15) is 24.8 Å². The van der Waals surface area contributed by atoms with Gasteiger partial charge in [-0.25, -0.2) is 9.59 Å². The summed E-state index contributed by atoms with van der Waals surface area (Å²) in [5.74, 6) is -2.13. The van der Waals surface area contributed by atoms with Gasteiger partial charge in [0.2, 0.25) is 0 Å². The van der Waals surface area contributed by atoms with E-state index in [1.165, 1.54) is 6.08 Å². The molecule has 1 N–H and O–H groups in total. The Labute approximate surface area is 144 Å². The quantitative estimate of drug-likeness (QED) is 0.592. The monoisotopic (exact) mass is 346 g/mol. The van der Waals surface area contributed by atoms with E-state index >= 15 is 0 Å². The maximum Gasteiger partial charge on any atom is 0.408 e. The zero-order valence-electron chi connectivity index (χ0n) is 13.5. The second-order valence-corrected chi connectivity index (χ2v) is 5.28. The van der Waals surface area contributed by atoms with Gasteiger partial charge in [-0.15, -0.1) is 11.6 Å². The lowest BCUT2D eigenvalue weighted by Gasteiger charge is -2.19. The first kappa shape index (κ1) is 18.2. The summed E-state index contributed by atoms with van der Waals surface area (Å²) in [7, 11) is 0. The lowest BCUT2D eigenvalue weighted by atomic mass is 10.2. The third-order valence-electron chi connectivity index (χ3n) is 3.38. The Kier molecular flexibility index (Phi) is 6.27. The van der Waals surface area contributed by atoms with Crippen molar-refractivity contribution in [2.45, 2.75) is 31.9 Å². The van der Waals surface area contributed by atoms with E-state index in [0.29, 0.717) is 5.06 Å². The third-order valence-corrected chi connectivity index (χ3v) is 3.38. The van der Waals surface area contributed by atoms with Crippen LogP contribution in [0.3, 0.4) is 0 Å². The van der Waals surface area contributed by atoms with Gasteiger partial charge in [-0.3, -0.25) is 9.59 Å². The van der Waals surface area contributed by atoms with Crippen molar-refractivity contribution in [3.8, 4) is 0 Å². The molecule has 1 aliphatic rings. The van der Waals surface area contributed by atoms with Gasteiger partial charge in [0.15, 0.2) is 0 Å². The zero-order valence-corrected chi connectivity index (χ0v) is 13.5. The number of benzene rings is 1. The van der Waals surface area contributed by atoms with Gasteiger partial charge in [0.05, 0.1) is 0 Å². The summed E-state index contributed by atoms with van der Waals surface area (Å²) in [6, 6.07) is 7.89. The second kappa shape index (κ2) is 8.62. The number of hydrogen-bond donors (Lipinski definition) is 1. The standard InChI is InChI=1S/C17H18N2O6/c1-2-6-13(16(22)25-19-14(20)9-10-15(19)21)18-17(23)24-11-12-7-4-3-5-8-12/h2-5,7-8,13H,1,6,9-11H2,(H,18,23)/t13-/m0/s1. The van der Waals surface area contributed by atoms with E-state index in [4.69, 9.17) is 9.57 Å². The summed E-state index contributed by atoms with van der Waals surface area (Å²) in [5, 5.41) is 2.76. The smallest absolute Gasteiger partial charge is 0.408 e. The number of amides is 3. The van der Waals surface area contributed by atoms with Gasteiger partial charge < -0.3 is 14.9 Å². The van der Waals surface area contributed by atoms with Crippen LogP contribution in [0.15, 0.2) is 43.0 Å². The van der Waals surface area contributed by atoms with Crippen LogP contribution in [0.4, 0.5) is 4.79 Å². The molecule has 0 radical (unpaired) electrons. The molecule has 0 aliphatic carbocycles. The van der Waals surface area contributed by atoms with E-state index < -0.39 is 29.9 Å². The van der Waals surface area contributed by atoms with E-state index in [1.54, 1.807) is 24.3 Å². The van der Waals surface area contributed by atoms with E-state index in [-0.39, 0.29) is 25.9 Å². The molecule has 1 aromatic rings. The lowest BCUT2D eigenvalue weighted by Crippen LogP contribution is -2.45. The van der Waals surface area contributed by atoms with Gasteiger partial charge in [-0.1, -0.05) is 36.4 Å². The average molecular weight is 346 g/mol.